The molecule has 2 aliphatic carbocycles. The smallest absolute Gasteiger partial charge is 0.255 e. The summed E-state index contributed by atoms with van der Waals surface area (Å²) >= 11 is 0. The lowest BCUT2D eigenvalue weighted by Crippen LogP contribution is -2.35. The lowest BCUT2D eigenvalue weighted by atomic mass is 10.2. The fourth-order valence-electron chi connectivity index (χ4n) is 2.99. The normalized spacial score (nSPS) is 19.2. The van der Waals surface area contributed by atoms with Crippen LogP contribution in [0.2, 0.25) is 0 Å². The molecule has 1 atom stereocenters. The van der Waals surface area contributed by atoms with Crippen LogP contribution in [0.1, 0.15) is 48.9 Å². The van der Waals surface area contributed by atoms with Crippen LogP contribution in [0.5, 0.6) is 0 Å². The van der Waals surface area contributed by atoms with E-state index in [2.05, 4.69) is 15.6 Å². The zero-order valence-electron chi connectivity index (χ0n) is 14.0. The number of ether oxygens (including phenoxy) is 1. The number of hydrogen-bond acceptors (Lipinski definition) is 5. The Morgan fingerprint density at radius 2 is 2.12 bits per heavy atom. The van der Waals surface area contributed by atoms with Crippen LogP contribution in [0.3, 0.4) is 0 Å². The summed E-state index contributed by atoms with van der Waals surface area (Å²) in [5, 5.41) is 16.0. The second-order valence-corrected chi connectivity index (χ2v) is 6.87. The van der Waals surface area contributed by atoms with E-state index in [1.54, 1.807) is 18.3 Å². The lowest BCUT2D eigenvalue weighted by molar-refractivity contribution is 0.0321. The molecule has 0 radical (unpaired) electrons. The number of rotatable bonds is 9. The van der Waals surface area contributed by atoms with Gasteiger partial charge in [0.1, 0.15) is 5.82 Å². The van der Waals surface area contributed by atoms with Crippen molar-refractivity contribution in [3.05, 3.63) is 23.9 Å². The Morgan fingerprint density at radius 3 is 2.88 bits per heavy atom. The number of nitrogens with one attached hydrogen (secondary N) is 2. The van der Waals surface area contributed by atoms with Gasteiger partial charge in [-0.25, -0.2) is 4.98 Å². The Kier molecular flexibility index (Phi) is 6.04. The van der Waals surface area contributed by atoms with Crippen molar-refractivity contribution in [2.75, 3.05) is 25.1 Å². The van der Waals surface area contributed by atoms with E-state index in [9.17, 15) is 9.90 Å². The molecule has 0 aromatic carbocycles. The summed E-state index contributed by atoms with van der Waals surface area (Å²) in [5.41, 5.74) is 0.524. The van der Waals surface area contributed by atoms with Gasteiger partial charge >= 0.3 is 0 Å². The highest BCUT2D eigenvalue weighted by Gasteiger charge is 2.22. The first kappa shape index (κ1) is 17.2. The number of anilines is 1. The van der Waals surface area contributed by atoms with Crippen molar-refractivity contribution in [1.29, 1.82) is 0 Å². The molecule has 1 amide bonds. The second kappa shape index (κ2) is 8.44. The van der Waals surface area contributed by atoms with Gasteiger partial charge in [-0.2, -0.15) is 0 Å². The lowest BCUT2D eigenvalue weighted by Gasteiger charge is -2.16. The summed E-state index contributed by atoms with van der Waals surface area (Å²) in [6, 6.07) is 3.91. The molecular formula is C18H27N3O3. The molecule has 1 aromatic rings. The van der Waals surface area contributed by atoms with E-state index in [-0.39, 0.29) is 19.1 Å². The molecule has 0 aliphatic heterocycles. The van der Waals surface area contributed by atoms with Crippen LogP contribution in [0, 0.1) is 5.92 Å². The highest BCUT2D eigenvalue weighted by atomic mass is 16.5. The van der Waals surface area contributed by atoms with Crippen LogP contribution in [0.4, 0.5) is 5.82 Å². The van der Waals surface area contributed by atoms with E-state index >= 15 is 0 Å². The highest BCUT2D eigenvalue weighted by molar-refractivity contribution is 5.98. The van der Waals surface area contributed by atoms with Crippen molar-refractivity contribution in [3.63, 3.8) is 0 Å². The Bertz CT molecular complexity index is 542. The minimum absolute atomic E-state index is 0.182. The minimum atomic E-state index is -0.685. The predicted molar refractivity (Wildman–Crippen MR) is 92.0 cm³/mol. The first-order chi connectivity index (χ1) is 11.7. The summed E-state index contributed by atoms with van der Waals surface area (Å²) in [5.74, 6) is 1.08. The summed E-state index contributed by atoms with van der Waals surface area (Å²) < 4.78 is 5.44. The number of carbonyl (C=O) groups excluding carboxylic acids is 1. The summed E-state index contributed by atoms with van der Waals surface area (Å²) in [4.78, 5) is 16.7. The first-order valence-corrected chi connectivity index (χ1v) is 8.98. The number of pyridine rings is 1. The van der Waals surface area contributed by atoms with Crippen molar-refractivity contribution in [3.8, 4) is 0 Å². The third-order valence-electron chi connectivity index (χ3n) is 4.61. The fraction of sp³-hybridized carbons (Fsp3) is 0.667. The average Bonchev–Trinajstić information content (AvgIpc) is 3.27. The Labute approximate surface area is 143 Å². The maximum absolute atomic E-state index is 12.4. The number of aliphatic hydroxyl groups excluding tert-OH is 1. The predicted octanol–water partition coefficient (Wildman–Crippen LogP) is 1.95. The van der Waals surface area contributed by atoms with E-state index in [0.717, 1.165) is 12.8 Å². The molecule has 0 spiro atoms. The quantitative estimate of drug-likeness (QED) is 0.643. The Hall–Kier alpha value is -1.66. The number of hydrogen-bond donors (Lipinski definition) is 3. The van der Waals surface area contributed by atoms with Crippen molar-refractivity contribution >= 4 is 11.7 Å². The molecule has 0 unspecified atom stereocenters. The number of carbonyl (C=O) groups is 1. The van der Waals surface area contributed by atoms with E-state index in [1.165, 1.54) is 25.7 Å². The molecular weight excluding hydrogens is 306 g/mol. The monoisotopic (exact) mass is 333 g/mol. The van der Waals surface area contributed by atoms with E-state index in [1.807, 2.05) is 0 Å². The average molecular weight is 333 g/mol. The number of nitrogens with zero attached hydrogens (tertiary/aromatic N) is 1. The molecule has 3 N–H and O–H groups in total. The second-order valence-electron chi connectivity index (χ2n) is 6.87. The van der Waals surface area contributed by atoms with E-state index in [4.69, 9.17) is 4.74 Å². The van der Waals surface area contributed by atoms with Gasteiger partial charge in [0, 0.05) is 25.4 Å². The Morgan fingerprint density at radius 1 is 1.33 bits per heavy atom. The number of aliphatic hydroxyl groups is 1. The van der Waals surface area contributed by atoms with Gasteiger partial charge in [0.2, 0.25) is 0 Å². The standard InChI is InChI=1S/C18H27N3O3/c22-15(12-24-11-13-7-8-13)10-20-18(23)16-6-3-9-19-17(16)21-14-4-1-2-5-14/h3,6,9,13-15,22H,1-2,4-5,7-8,10-12H2,(H,19,21)(H,20,23)/t15-/m1/s1. The van der Waals surface area contributed by atoms with Crippen LogP contribution >= 0.6 is 0 Å². The maximum atomic E-state index is 12.4. The zero-order chi connectivity index (χ0) is 16.8. The van der Waals surface area contributed by atoms with Gasteiger partial charge in [-0.05, 0) is 43.7 Å². The SMILES string of the molecule is O=C(NC[C@@H](O)COCC1CC1)c1cccnc1NC1CCCC1. The molecule has 2 fully saturated rings. The molecule has 2 aliphatic rings. The van der Waals surface area contributed by atoms with Gasteiger partial charge < -0.3 is 20.5 Å². The van der Waals surface area contributed by atoms with Crippen LogP contribution in [0.25, 0.3) is 0 Å². The van der Waals surface area contributed by atoms with Crippen molar-refractivity contribution < 1.29 is 14.6 Å². The van der Waals surface area contributed by atoms with Crippen LogP contribution in [0.15, 0.2) is 18.3 Å². The Balaban J connectivity index is 1.46. The van der Waals surface area contributed by atoms with E-state index in [0.29, 0.717) is 29.9 Å². The largest absolute Gasteiger partial charge is 0.389 e. The van der Waals surface area contributed by atoms with Gasteiger partial charge in [-0.3, -0.25) is 4.79 Å². The van der Waals surface area contributed by atoms with Gasteiger partial charge in [0.15, 0.2) is 0 Å². The molecule has 132 valence electrons. The van der Waals surface area contributed by atoms with Gasteiger partial charge in [0.25, 0.3) is 5.91 Å². The molecule has 24 heavy (non-hydrogen) atoms. The maximum Gasteiger partial charge on any atom is 0.255 e. The van der Waals surface area contributed by atoms with E-state index < -0.39 is 6.10 Å². The van der Waals surface area contributed by atoms with Gasteiger partial charge in [-0.1, -0.05) is 12.8 Å². The molecule has 1 heterocycles. The van der Waals surface area contributed by atoms with Crippen LogP contribution in [-0.4, -0.2) is 47.9 Å². The first-order valence-electron chi connectivity index (χ1n) is 8.98. The van der Waals surface area contributed by atoms with Gasteiger partial charge in [-0.15, -0.1) is 0 Å². The molecule has 2 saturated carbocycles. The molecule has 3 rings (SSSR count). The fourth-order valence-corrected chi connectivity index (χ4v) is 2.99. The third kappa shape index (κ3) is 5.18. The summed E-state index contributed by atoms with van der Waals surface area (Å²) in [6.45, 7) is 1.15. The summed E-state index contributed by atoms with van der Waals surface area (Å²) in [6.07, 6.45) is 8.14. The molecule has 0 saturated heterocycles. The van der Waals surface area contributed by atoms with Crippen LogP contribution < -0.4 is 10.6 Å². The third-order valence-corrected chi connectivity index (χ3v) is 4.61. The zero-order valence-corrected chi connectivity index (χ0v) is 14.0. The summed E-state index contributed by atoms with van der Waals surface area (Å²) in [7, 11) is 0. The minimum Gasteiger partial charge on any atom is -0.389 e. The van der Waals surface area contributed by atoms with Crippen molar-refractivity contribution in [2.45, 2.75) is 50.7 Å². The molecule has 6 nitrogen and oxygen atoms in total. The van der Waals surface area contributed by atoms with Crippen molar-refractivity contribution in [1.82, 2.24) is 10.3 Å². The molecule has 6 heteroatoms. The number of aromatic nitrogens is 1. The highest BCUT2D eigenvalue weighted by Crippen LogP contribution is 2.28. The number of amides is 1. The topological polar surface area (TPSA) is 83.5 Å². The molecule has 0 bridgehead atoms. The van der Waals surface area contributed by atoms with Crippen molar-refractivity contribution in [2.24, 2.45) is 5.92 Å². The van der Waals surface area contributed by atoms with Crippen LogP contribution in [-0.2, 0) is 4.74 Å². The molecule has 1 aromatic heterocycles. The van der Waals surface area contributed by atoms with Gasteiger partial charge in [0.05, 0.1) is 18.3 Å².